The summed E-state index contributed by atoms with van der Waals surface area (Å²) in [5.41, 5.74) is 11.7. The summed E-state index contributed by atoms with van der Waals surface area (Å²) in [5, 5.41) is 0. The second-order valence-corrected chi connectivity index (χ2v) is 5.30. The van der Waals surface area contributed by atoms with E-state index in [4.69, 9.17) is 11.5 Å². The van der Waals surface area contributed by atoms with Crippen molar-refractivity contribution in [1.82, 2.24) is 0 Å². The van der Waals surface area contributed by atoms with Crippen molar-refractivity contribution in [2.24, 2.45) is 11.5 Å². The highest BCUT2D eigenvalue weighted by Crippen LogP contribution is 2.03. The molecule has 3 heteroatoms. The number of carbonyl (C=O) groups is 1. The number of ketones is 1. The molecule has 4 N–H and O–H groups in total. The number of carbonyl (C=O) groups excluding carboxylic acids is 1. The van der Waals surface area contributed by atoms with Crippen LogP contribution in [0.5, 0.6) is 0 Å². The zero-order valence-corrected chi connectivity index (χ0v) is 13.2. The molecule has 0 rings (SSSR count). The average Bonchev–Trinajstić information content (AvgIpc) is 2.45. The molecule has 0 aromatic carbocycles. The summed E-state index contributed by atoms with van der Waals surface area (Å²) in [6, 6.07) is -1.15. The third kappa shape index (κ3) is 9.93. The molecule has 20 heavy (non-hydrogen) atoms. The van der Waals surface area contributed by atoms with Crippen LogP contribution < -0.4 is 11.5 Å². The van der Waals surface area contributed by atoms with E-state index in [-0.39, 0.29) is 5.78 Å². The summed E-state index contributed by atoms with van der Waals surface area (Å²) in [7, 11) is 0. The lowest BCUT2D eigenvalue weighted by molar-refractivity contribution is -0.119. The van der Waals surface area contributed by atoms with E-state index in [1.807, 2.05) is 12.2 Å². The Balaban J connectivity index is 3.96. The van der Waals surface area contributed by atoms with Gasteiger partial charge in [0.2, 0.25) is 0 Å². The van der Waals surface area contributed by atoms with Crippen molar-refractivity contribution in [1.29, 1.82) is 0 Å². The van der Waals surface area contributed by atoms with Gasteiger partial charge in [0.15, 0.2) is 5.78 Å². The minimum atomic E-state index is -0.577. The molecular weight excluding hydrogens is 248 g/mol. The minimum absolute atomic E-state index is 0.108. The summed E-state index contributed by atoms with van der Waals surface area (Å²) in [6.07, 6.45) is 16.7. The first-order valence-corrected chi connectivity index (χ1v) is 8.01. The SMILES string of the molecule is CCCCCC=CC(N)C(=O)C(N)C=CCCCCC. The zero-order chi connectivity index (χ0) is 15.2. The molecule has 0 bridgehead atoms. The van der Waals surface area contributed by atoms with E-state index >= 15 is 0 Å². The molecule has 0 heterocycles. The van der Waals surface area contributed by atoms with Crippen LogP contribution in [0.3, 0.4) is 0 Å². The molecule has 0 amide bonds. The van der Waals surface area contributed by atoms with Crippen LogP contribution in [-0.4, -0.2) is 17.9 Å². The van der Waals surface area contributed by atoms with Gasteiger partial charge in [-0.25, -0.2) is 0 Å². The Hall–Kier alpha value is -0.930. The van der Waals surface area contributed by atoms with Gasteiger partial charge in [0, 0.05) is 0 Å². The maximum atomic E-state index is 11.9. The van der Waals surface area contributed by atoms with Gasteiger partial charge in [-0.3, -0.25) is 4.79 Å². The molecule has 0 aliphatic carbocycles. The number of rotatable bonds is 12. The molecule has 0 radical (unpaired) electrons. The highest BCUT2D eigenvalue weighted by molar-refractivity contribution is 5.91. The molecule has 0 saturated carbocycles. The zero-order valence-electron chi connectivity index (χ0n) is 13.2. The maximum absolute atomic E-state index is 11.9. The van der Waals surface area contributed by atoms with E-state index in [9.17, 15) is 4.79 Å². The summed E-state index contributed by atoms with van der Waals surface area (Å²) in [4.78, 5) is 11.9. The monoisotopic (exact) mass is 280 g/mol. The Labute approximate surface area is 124 Å². The van der Waals surface area contributed by atoms with Gasteiger partial charge in [-0.05, 0) is 25.7 Å². The van der Waals surface area contributed by atoms with Crippen molar-refractivity contribution in [2.45, 2.75) is 77.3 Å². The first-order chi connectivity index (χ1) is 9.63. The minimum Gasteiger partial charge on any atom is -0.318 e. The second-order valence-electron chi connectivity index (χ2n) is 5.30. The molecule has 0 fully saturated rings. The van der Waals surface area contributed by atoms with E-state index in [0.29, 0.717) is 0 Å². The Kier molecular flexibility index (Phi) is 12.5. The predicted molar refractivity (Wildman–Crippen MR) is 87.5 cm³/mol. The number of Topliss-reactive ketones (excluding diaryl/α,β-unsaturated/α-hetero) is 1. The molecule has 116 valence electrons. The molecule has 2 unspecified atom stereocenters. The maximum Gasteiger partial charge on any atom is 0.173 e. The molecule has 2 atom stereocenters. The van der Waals surface area contributed by atoms with Crippen molar-refractivity contribution in [2.75, 3.05) is 0 Å². The summed E-state index contributed by atoms with van der Waals surface area (Å²) >= 11 is 0. The fraction of sp³-hybridized carbons (Fsp3) is 0.706. The standard InChI is InChI=1S/C17H32N2O/c1-3-5-7-9-11-13-15(18)17(20)16(19)14-12-10-8-6-4-2/h11-16H,3-10,18-19H2,1-2H3. The van der Waals surface area contributed by atoms with E-state index < -0.39 is 12.1 Å². The predicted octanol–water partition coefficient (Wildman–Crippen LogP) is 3.48. The fourth-order valence-electron chi connectivity index (χ4n) is 1.92. The van der Waals surface area contributed by atoms with E-state index in [0.717, 1.165) is 25.7 Å². The number of hydrogen-bond donors (Lipinski definition) is 2. The summed E-state index contributed by atoms with van der Waals surface area (Å²) < 4.78 is 0. The van der Waals surface area contributed by atoms with Crippen molar-refractivity contribution in [3.8, 4) is 0 Å². The number of hydrogen-bond acceptors (Lipinski definition) is 3. The van der Waals surface area contributed by atoms with Crippen LogP contribution in [0.4, 0.5) is 0 Å². The molecule has 0 saturated heterocycles. The van der Waals surface area contributed by atoms with E-state index in [2.05, 4.69) is 13.8 Å². The Morgan fingerprint density at radius 1 is 0.850 bits per heavy atom. The quantitative estimate of drug-likeness (QED) is 0.425. The summed E-state index contributed by atoms with van der Waals surface area (Å²) in [6.45, 7) is 4.34. The number of unbranched alkanes of at least 4 members (excludes halogenated alkanes) is 6. The van der Waals surface area contributed by atoms with Crippen LogP contribution >= 0.6 is 0 Å². The normalized spacial score (nSPS) is 15.0. The number of allylic oxidation sites excluding steroid dienone is 2. The van der Waals surface area contributed by atoms with Gasteiger partial charge in [0.05, 0.1) is 12.1 Å². The lowest BCUT2D eigenvalue weighted by atomic mass is 10.0. The van der Waals surface area contributed by atoms with Crippen LogP contribution in [-0.2, 0) is 4.79 Å². The Bertz CT molecular complexity index is 269. The second kappa shape index (κ2) is 13.1. The lowest BCUT2D eigenvalue weighted by Gasteiger charge is -2.09. The van der Waals surface area contributed by atoms with Crippen molar-refractivity contribution >= 4 is 5.78 Å². The van der Waals surface area contributed by atoms with Crippen LogP contribution in [0.15, 0.2) is 24.3 Å². The van der Waals surface area contributed by atoms with Crippen molar-refractivity contribution < 1.29 is 4.79 Å². The average molecular weight is 280 g/mol. The van der Waals surface area contributed by atoms with Gasteiger partial charge in [0.25, 0.3) is 0 Å². The third-order valence-electron chi connectivity index (χ3n) is 3.29. The molecule has 0 aromatic rings. The van der Waals surface area contributed by atoms with Crippen molar-refractivity contribution in [3.05, 3.63) is 24.3 Å². The van der Waals surface area contributed by atoms with Crippen LogP contribution in [0.1, 0.15) is 65.2 Å². The molecule has 0 spiro atoms. The lowest BCUT2D eigenvalue weighted by Crippen LogP contribution is -2.40. The molecular formula is C17H32N2O. The number of nitrogens with two attached hydrogens (primary N) is 2. The third-order valence-corrected chi connectivity index (χ3v) is 3.29. The van der Waals surface area contributed by atoms with Gasteiger partial charge in [-0.15, -0.1) is 0 Å². The van der Waals surface area contributed by atoms with Crippen LogP contribution in [0.25, 0.3) is 0 Å². The highest BCUT2D eigenvalue weighted by Gasteiger charge is 2.15. The largest absolute Gasteiger partial charge is 0.318 e. The van der Waals surface area contributed by atoms with Crippen LogP contribution in [0.2, 0.25) is 0 Å². The molecule has 0 aliphatic heterocycles. The topological polar surface area (TPSA) is 69.1 Å². The Morgan fingerprint density at radius 2 is 1.25 bits per heavy atom. The Morgan fingerprint density at radius 3 is 1.60 bits per heavy atom. The first kappa shape index (κ1) is 19.1. The van der Waals surface area contributed by atoms with Gasteiger partial charge >= 0.3 is 0 Å². The highest BCUT2D eigenvalue weighted by atomic mass is 16.1. The fourth-order valence-corrected chi connectivity index (χ4v) is 1.92. The summed E-state index contributed by atoms with van der Waals surface area (Å²) in [5.74, 6) is -0.108. The van der Waals surface area contributed by atoms with Crippen LogP contribution in [0, 0.1) is 0 Å². The molecule has 3 nitrogen and oxygen atoms in total. The molecule has 0 aromatic heterocycles. The smallest absolute Gasteiger partial charge is 0.173 e. The first-order valence-electron chi connectivity index (χ1n) is 8.01. The van der Waals surface area contributed by atoms with Gasteiger partial charge in [-0.2, -0.15) is 0 Å². The van der Waals surface area contributed by atoms with Gasteiger partial charge in [0.1, 0.15) is 0 Å². The van der Waals surface area contributed by atoms with Gasteiger partial charge < -0.3 is 11.5 Å². The van der Waals surface area contributed by atoms with Crippen molar-refractivity contribution in [3.63, 3.8) is 0 Å². The van der Waals surface area contributed by atoms with E-state index in [1.54, 1.807) is 12.2 Å². The van der Waals surface area contributed by atoms with Gasteiger partial charge in [-0.1, -0.05) is 63.8 Å². The van der Waals surface area contributed by atoms with E-state index in [1.165, 1.54) is 25.7 Å². The molecule has 0 aliphatic rings.